The van der Waals surface area contributed by atoms with Crippen LogP contribution in [-0.4, -0.2) is 13.3 Å². The van der Waals surface area contributed by atoms with E-state index >= 15 is 0 Å². The normalized spacial score (nSPS) is 10.8. The van der Waals surface area contributed by atoms with E-state index in [1.54, 1.807) is 0 Å². The molecule has 3 rings (SSSR count). The molecule has 0 aliphatic rings. The first-order valence-corrected chi connectivity index (χ1v) is 7.87. The van der Waals surface area contributed by atoms with Crippen LogP contribution in [0, 0.1) is 0 Å². The fourth-order valence-electron chi connectivity index (χ4n) is 2.33. The van der Waals surface area contributed by atoms with Gasteiger partial charge in [0.2, 0.25) is 5.69 Å². The topological polar surface area (TPSA) is 31.5 Å². The second-order valence-corrected chi connectivity index (χ2v) is 5.54. The summed E-state index contributed by atoms with van der Waals surface area (Å²) in [4.78, 5) is 0. The highest BCUT2D eigenvalue weighted by molar-refractivity contribution is 5.76. The fourth-order valence-corrected chi connectivity index (χ4v) is 2.33. The molecule has 0 fully saturated rings. The molecule has 0 saturated carbocycles. The number of aromatic nitrogens is 1. The largest absolute Gasteiger partial charge is 0.356 e. The molecule has 120 valence electrons. The molecule has 0 unspecified atom stereocenters. The van der Waals surface area contributed by atoms with Crippen molar-refractivity contribution in [3.63, 3.8) is 0 Å². The highest BCUT2D eigenvalue weighted by atomic mass is 15.4. The smallest absolute Gasteiger partial charge is 0.225 e. The molecule has 0 saturated heterocycles. The maximum atomic E-state index is 4.51. The van der Waals surface area contributed by atoms with E-state index in [1.165, 1.54) is 0 Å². The van der Waals surface area contributed by atoms with Crippen LogP contribution in [0.5, 0.6) is 0 Å². The summed E-state index contributed by atoms with van der Waals surface area (Å²) in [7, 11) is 3.95. The Labute approximate surface area is 142 Å². The predicted molar refractivity (Wildman–Crippen MR) is 99.8 cm³/mol. The van der Waals surface area contributed by atoms with Crippen LogP contribution in [0.15, 0.2) is 84.1 Å². The molecule has 24 heavy (non-hydrogen) atoms. The lowest BCUT2D eigenvalue weighted by Crippen LogP contribution is -2.32. The summed E-state index contributed by atoms with van der Waals surface area (Å²) < 4.78 is 2.03. The Morgan fingerprint density at radius 2 is 1.54 bits per heavy atom. The molecule has 4 nitrogen and oxygen atoms in total. The van der Waals surface area contributed by atoms with Crippen molar-refractivity contribution in [3.8, 4) is 0 Å². The second-order valence-electron chi connectivity index (χ2n) is 5.54. The van der Waals surface area contributed by atoms with Gasteiger partial charge in [0.1, 0.15) is 13.3 Å². The molecule has 4 heteroatoms. The molecule has 1 aromatic heterocycles. The second kappa shape index (κ2) is 7.42. The van der Waals surface area contributed by atoms with Gasteiger partial charge in [-0.25, -0.2) is 4.57 Å². The number of nitrogens with zero attached hydrogens (tertiary/aromatic N) is 3. The van der Waals surface area contributed by atoms with E-state index in [2.05, 4.69) is 22.6 Å². The highest BCUT2D eigenvalue weighted by Gasteiger charge is 2.03. The van der Waals surface area contributed by atoms with Crippen LogP contribution in [-0.2, 0) is 7.05 Å². The van der Waals surface area contributed by atoms with E-state index in [0.29, 0.717) is 0 Å². The van der Waals surface area contributed by atoms with Crippen LogP contribution in [0.1, 0.15) is 5.69 Å². The number of para-hydroxylation sites is 1. The standard InChI is InChI=1S/C20H21N4/c1-23-15-7-6-10-20(23)16-21-24(2)19-13-11-18(12-14-19)22-17-8-4-3-5-9-17/h3-16,22H,1-2H3/q+1. The van der Waals surface area contributed by atoms with Gasteiger partial charge in [-0.05, 0) is 42.5 Å². The Hall–Kier alpha value is -3.14. The Balaban J connectivity index is 1.68. The van der Waals surface area contributed by atoms with Gasteiger partial charge < -0.3 is 5.32 Å². The molecule has 1 N–H and O–H groups in total. The molecule has 0 radical (unpaired) electrons. The first kappa shape index (κ1) is 15.7. The predicted octanol–water partition coefficient (Wildman–Crippen LogP) is 3.73. The van der Waals surface area contributed by atoms with Gasteiger partial charge in [-0.2, -0.15) is 5.10 Å². The summed E-state index contributed by atoms with van der Waals surface area (Å²) in [6.45, 7) is 0. The molecule has 3 aromatic rings. The first-order chi connectivity index (χ1) is 11.7. The van der Waals surface area contributed by atoms with Crippen LogP contribution in [0.25, 0.3) is 0 Å². The third-order valence-corrected chi connectivity index (χ3v) is 3.76. The monoisotopic (exact) mass is 317 g/mol. The molecule has 0 aliphatic heterocycles. The van der Waals surface area contributed by atoms with E-state index in [-0.39, 0.29) is 0 Å². The van der Waals surface area contributed by atoms with Crippen LogP contribution in [0.4, 0.5) is 17.1 Å². The third kappa shape index (κ3) is 3.98. The van der Waals surface area contributed by atoms with Gasteiger partial charge in [0.15, 0.2) is 6.20 Å². The van der Waals surface area contributed by atoms with Gasteiger partial charge in [-0.3, -0.25) is 5.01 Å². The number of hydrogen-bond donors (Lipinski definition) is 1. The number of benzene rings is 2. The molecule has 2 aromatic carbocycles. The summed E-state index contributed by atoms with van der Waals surface area (Å²) in [6, 6.07) is 24.4. The third-order valence-electron chi connectivity index (χ3n) is 3.76. The molecule has 0 amide bonds. The molecule has 0 bridgehead atoms. The van der Waals surface area contributed by atoms with Crippen molar-refractivity contribution in [1.29, 1.82) is 0 Å². The Kier molecular flexibility index (Phi) is 4.87. The number of pyridine rings is 1. The molecule has 0 atom stereocenters. The van der Waals surface area contributed by atoms with Crippen LogP contribution in [0.2, 0.25) is 0 Å². The minimum atomic E-state index is 1.03. The lowest BCUT2D eigenvalue weighted by molar-refractivity contribution is -0.672. The summed E-state index contributed by atoms with van der Waals surface area (Å²) in [5.74, 6) is 0. The van der Waals surface area contributed by atoms with Crippen LogP contribution in [0.3, 0.4) is 0 Å². The van der Waals surface area contributed by atoms with E-state index in [4.69, 9.17) is 0 Å². The van der Waals surface area contributed by atoms with Crippen molar-refractivity contribution in [1.82, 2.24) is 0 Å². The van der Waals surface area contributed by atoms with Gasteiger partial charge in [0.25, 0.3) is 0 Å². The molecular formula is C20H21N4+. The molecule has 0 spiro atoms. The van der Waals surface area contributed by atoms with Crippen molar-refractivity contribution >= 4 is 23.3 Å². The van der Waals surface area contributed by atoms with Crippen LogP contribution < -0.4 is 14.9 Å². The summed E-state index contributed by atoms with van der Waals surface area (Å²) in [5, 5.41) is 9.74. The van der Waals surface area contributed by atoms with Crippen molar-refractivity contribution in [3.05, 3.63) is 84.7 Å². The summed E-state index contributed by atoms with van der Waals surface area (Å²) in [5.41, 5.74) is 4.21. The average Bonchev–Trinajstić information content (AvgIpc) is 2.62. The Bertz CT molecular complexity index is 811. The average molecular weight is 317 g/mol. The quantitative estimate of drug-likeness (QED) is 0.442. The molecular weight excluding hydrogens is 296 g/mol. The van der Waals surface area contributed by atoms with E-state index in [0.717, 1.165) is 22.8 Å². The van der Waals surface area contributed by atoms with Crippen molar-refractivity contribution < 1.29 is 4.57 Å². The zero-order valence-electron chi connectivity index (χ0n) is 13.9. The van der Waals surface area contributed by atoms with Gasteiger partial charge in [-0.1, -0.05) is 18.2 Å². The maximum Gasteiger partial charge on any atom is 0.225 e. The van der Waals surface area contributed by atoms with E-state index < -0.39 is 0 Å². The summed E-state index contributed by atoms with van der Waals surface area (Å²) >= 11 is 0. The van der Waals surface area contributed by atoms with Gasteiger partial charge >= 0.3 is 0 Å². The number of rotatable bonds is 5. The minimum Gasteiger partial charge on any atom is -0.356 e. The number of nitrogens with one attached hydrogen (secondary N) is 1. The molecule has 1 heterocycles. The highest BCUT2D eigenvalue weighted by Crippen LogP contribution is 2.20. The van der Waals surface area contributed by atoms with Crippen molar-refractivity contribution in [2.45, 2.75) is 0 Å². The fraction of sp³-hybridized carbons (Fsp3) is 0.100. The van der Waals surface area contributed by atoms with Gasteiger partial charge in [0.05, 0.1) is 5.69 Å². The lowest BCUT2D eigenvalue weighted by Gasteiger charge is -2.13. The Morgan fingerprint density at radius 3 is 2.25 bits per heavy atom. The zero-order chi connectivity index (χ0) is 16.8. The number of anilines is 3. The minimum absolute atomic E-state index is 1.03. The van der Waals surface area contributed by atoms with Crippen LogP contribution >= 0.6 is 0 Å². The SMILES string of the molecule is CN(/N=C/c1cccc[n+]1C)c1ccc(Nc2ccccc2)cc1. The van der Waals surface area contributed by atoms with Crippen molar-refractivity contribution in [2.75, 3.05) is 17.4 Å². The van der Waals surface area contributed by atoms with E-state index in [1.807, 2.05) is 96.7 Å². The first-order valence-electron chi connectivity index (χ1n) is 7.87. The van der Waals surface area contributed by atoms with E-state index in [9.17, 15) is 0 Å². The maximum absolute atomic E-state index is 4.51. The number of hydrogen-bond acceptors (Lipinski definition) is 3. The zero-order valence-corrected chi connectivity index (χ0v) is 13.9. The number of aryl methyl sites for hydroxylation is 1. The number of hydrazone groups is 1. The lowest BCUT2D eigenvalue weighted by atomic mass is 10.2. The summed E-state index contributed by atoms with van der Waals surface area (Å²) in [6.07, 6.45) is 3.86. The van der Waals surface area contributed by atoms with Gasteiger partial charge in [-0.15, -0.1) is 0 Å². The van der Waals surface area contributed by atoms with Gasteiger partial charge in [0, 0.05) is 30.6 Å². The Morgan fingerprint density at radius 1 is 0.875 bits per heavy atom. The molecule has 0 aliphatic carbocycles. The van der Waals surface area contributed by atoms with Crippen molar-refractivity contribution in [2.24, 2.45) is 12.1 Å².